The minimum absolute atomic E-state index is 0.417. The van der Waals surface area contributed by atoms with Crippen molar-refractivity contribution in [3.05, 3.63) is 47.5 Å². The van der Waals surface area contributed by atoms with Crippen LogP contribution >= 0.6 is 0 Å². The molecule has 0 saturated heterocycles. The van der Waals surface area contributed by atoms with Gasteiger partial charge in [0.15, 0.2) is 0 Å². The highest BCUT2D eigenvalue weighted by Crippen LogP contribution is 2.25. The Bertz CT molecular complexity index is 725. The fraction of sp³-hybridized carbons (Fsp3) is 0.312. The Morgan fingerprint density at radius 2 is 2.10 bits per heavy atom. The summed E-state index contributed by atoms with van der Waals surface area (Å²) < 4.78 is 10.8. The first-order valence-electron chi connectivity index (χ1n) is 6.79. The lowest BCUT2D eigenvalue weighted by Crippen LogP contribution is -1.95. The number of ether oxygens (including phenoxy) is 1. The van der Waals surface area contributed by atoms with Gasteiger partial charge in [0, 0.05) is 23.3 Å². The van der Waals surface area contributed by atoms with Gasteiger partial charge in [0.05, 0.1) is 0 Å². The van der Waals surface area contributed by atoms with E-state index in [-0.39, 0.29) is 0 Å². The fourth-order valence-electron chi connectivity index (χ4n) is 2.17. The number of rotatable bonds is 4. The summed E-state index contributed by atoms with van der Waals surface area (Å²) >= 11 is 0. The summed E-state index contributed by atoms with van der Waals surface area (Å²) in [5, 5.41) is 5.12. The van der Waals surface area contributed by atoms with Gasteiger partial charge < -0.3 is 14.2 Å². The molecule has 3 aromatic rings. The van der Waals surface area contributed by atoms with Crippen LogP contribution in [0.5, 0.6) is 5.75 Å². The molecule has 0 atom stereocenters. The molecule has 0 aliphatic rings. The maximum atomic E-state index is 5.74. The van der Waals surface area contributed by atoms with Gasteiger partial charge in [-0.25, -0.2) is 0 Å². The van der Waals surface area contributed by atoms with Crippen LogP contribution in [0.4, 0.5) is 0 Å². The Hall–Kier alpha value is -2.23. The van der Waals surface area contributed by atoms with Crippen LogP contribution < -0.4 is 4.74 Å². The van der Waals surface area contributed by atoms with Crippen LogP contribution in [0.2, 0.25) is 0 Å². The highest BCUT2D eigenvalue weighted by Gasteiger charge is 2.06. The smallest absolute Gasteiger partial charge is 0.134 e. The summed E-state index contributed by atoms with van der Waals surface area (Å²) in [5.41, 5.74) is 3.14. The number of nitrogens with zero attached hydrogens (tertiary/aromatic N) is 1. The van der Waals surface area contributed by atoms with Crippen LogP contribution in [-0.4, -0.2) is 10.1 Å². The molecule has 0 unspecified atom stereocenters. The van der Waals surface area contributed by atoms with Crippen molar-refractivity contribution in [3.63, 3.8) is 0 Å². The minimum atomic E-state index is 0.417. The van der Waals surface area contributed by atoms with Crippen molar-refractivity contribution in [3.8, 4) is 5.75 Å². The van der Waals surface area contributed by atoms with Gasteiger partial charge in [-0.3, -0.25) is 0 Å². The number of aromatic nitrogens is 2. The predicted molar refractivity (Wildman–Crippen MR) is 78.0 cm³/mol. The predicted octanol–water partition coefficient (Wildman–Crippen LogP) is 4.17. The summed E-state index contributed by atoms with van der Waals surface area (Å²) in [5.74, 6) is 2.12. The molecule has 0 radical (unpaired) electrons. The molecular formula is C16H18N2O2. The van der Waals surface area contributed by atoms with Crippen molar-refractivity contribution >= 4 is 10.9 Å². The molecular weight excluding hydrogens is 252 g/mol. The molecule has 0 aliphatic carbocycles. The molecule has 0 fully saturated rings. The molecule has 20 heavy (non-hydrogen) atoms. The van der Waals surface area contributed by atoms with Crippen LogP contribution in [0.1, 0.15) is 36.9 Å². The maximum Gasteiger partial charge on any atom is 0.134 e. The lowest BCUT2D eigenvalue weighted by molar-refractivity contribution is 0.288. The maximum absolute atomic E-state index is 5.74. The van der Waals surface area contributed by atoms with Crippen LogP contribution in [0, 0.1) is 6.92 Å². The Balaban J connectivity index is 1.78. The third-order valence-electron chi connectivity index (χ3n) is 3.30. The van der Waals surface area contributed by atoms with Gasteiger partial charge in [-0.1, -0.05) is 19.0 Å². The van der Waals surface area contributed by atoms with Crippen molar-refractivity contribution < 1.29 is 9.26 Å². The van der Waals surface area contributed by atoms with E-state index in [2.05, 4.69) is 36.1 Å². The molecule has 3 rings (SSSR count). The molecule has 104 valence electrons. The SMILES string of the molecule is Cc1cc(COc2ccc3cc(C(C)C)[nH]c3c2)no1. The largest absolute Gasteiger partial charge is 0.487 e. The monoisotopic (exact) mass is 270 g/mol. The number of hydrogen-bond acceptors (Lipinski definition) is 3. The van der Waals surface area contributed by atoms with E-state index in [9.17, 15) is 0 Å². The molecule has 4 heteroatoms. The molecule has 4 nitrogen and oxygen atoms in total. The van der Waals surface area contributed by atoms with Gasteiger partial charge in [-0.15, -0.1) is 0 Å². The van der Waals surface area contributed by atoms with E-state index in [1.165, 1.54) is 11.1 Å². The number of aryl methyl sites for hydroxylation is 1. The number of nitrogens with one attached hydrogen (secondary N) is 1. The van der Waals surface area contributed by atoms with Gasteiger partial charge in [-0.05, 0) is 36.4 Å². The number of H-pyrrole nitrogens is 1. The van der Waals surface area contributed by atoms with Gasteiger partial charge in [0.2, 0.25) is 0 Å². The average molecular weight is 270 g/mol. The molecule has 2 aromatic heterocycles. The molecule has 2 heterocycles. The molecule has 0 bridgehead atoms. The number of benzene rings is 1. The van der Waals surface area contributed by atoms with Gasteiger partial charge >= 0.3 is 0 Å². The summed E-state index contributed by atoms with van der Waals surface area (Å²) in [6, 6.07) is 10.1. The first-order chi connectivity index (χ1) is 9.61. The molecule has 0 amide bonds. The zero-order chi connectivity index (χ0) is 14.1. The third-order valence-corrected chi connectivity index (χ3v) is 3.30. The van der Waals surface area contributed by atoms with Crippen LogP contribution in [-0.2, 0) is 6.61 Å². The first-order valence-corrected chi connectivity index (χ1v) is 6.79. The van der Waals surface area contributed by atoms with Crippen molar-refractivity contribution in [2.24, 2.45) is 0 Å². The van der Waals surface area contributed by atoms with Gasteiger partial charge in [-0.2, -0.15) is 0 Å². The Kier molecular flexibility index (Phi) is 3.22. The van der Waals surface area contributed by atoms with Gasteiger partial charge in [0.1, 0.15) is 23.8 Å². The third kappa shape index (κ3) is 2.54. The fourth-order valence-corrected chi connectivity index (χ4v) is 2.17. The molecule has 1 aromatic carbocycles. The summed E-state index contributed by atoms with van der Waals surface area (Å²) in [6.07, 6.45) is 0. The van der Waals surface area contributed by atoms with Crippen LogP contribution in [0.25, 0.3) is 10.9 Å². The lowest BCUT2D eigenvalue weighted by Gasteiger charge is -2.03. The molecule has 0 aliphatic heterocycles. The second-order valence-corrected chi connectivity index (χ2v) is 5.35. The van der Waals surface area contributed by atoms with E-state index in [4.69, 9.17) is 9.26 Å². The number of fused-ring (bicyclic) bond motifs is 1. The topological polar surface area (TPSA) is 51.0 Å². The van der Waals surface area contributed by atoms with E-state index < -0.39 is 0 Å². The van der Waals surface area contributed by atoms with E-state index in [1.807, 2.05) is 25.1 Å². The Morgan fingerprint density at radius 3 is 2.80 bits per heavy atom. The normalized spacial score (nSPS) is 11.4. The molecule has 0 spiro atoms. The Labute approximate surface area is 117 Å². The van der Waals surface area contributed by atoms with Crippen molar-refractivity contribution in [2.75, 3.05) is 0 Å². The van der Waals surface area contributed by atoms with E-state index in [1.54, 1.807) is 0 Å². The van der Waals surface area contributed by atoms with Crippen molar-refractivity contribution in [1.82, 2.24) is 10.1 Å². The lowest BCUT2D eigenvalue weighted by atomic mass is 10.1. The zero-order valence-corrected chi connectivity index (χ0v) is 11.9. The number of aromatic amines is 1. The van der Waals surface area contributed by atoms with Crippen LogP contribution in [0.15, 0.2) is 34.9 Å². The molecule has 1 N–H and O–H groups in total. The number of hydrogen-bond donors (Lipinski definition) is 1. The first kappa shape index (κ1) is 12.8. The summed E-state index contributed by atoms with van der Waals surface area (Å²) in [6.45, 7) is 6.64. The highest BCUT2D eigenvalue weighted by molar-refractivity contribution is 5.82. The van der Waals surface area contributed by atoms with E-state index in [0.717, 1.165) is 22.7 Å². The molecule has 0 saturated carbocycles. The van der Waals surface area contributed by atoms with Crippen molar-refractivity contribution in [2.45, 2.75) is 33.3 Å². The second-order valence-electron chi connectivity index (χ2n) is 5.35. The average Bonchev–Trinajstić information content (AvgIpc) is 3.01. The van der Waals surface area contributed by atoms with E-state index >= 15 is 0 Å². The zero-order valence-electron chi connectivity index (χ0n) is 11.9. The van der Waals surface area contributed by atoms with Crippen molar-refractivity contribution in [1.29, 1.82) is 0 Å². The Morgan fingerprint density at radius 1 is 1.25 bits per heavy atom. The standard InChI is InChI=1S/C16H18N2O2/c1-10(2)15-7-12-4-5-14(8-16(12)17-15)19-9-13-6-11(3)20-18-13/h4-8,10,17H,9H2,1-3H3. The second kappa shape index (κ2) is 5.04. The quantitative estimate of drug-likeness (QED) is 0.774. The highest BCUT2D eigenvalue weighted by atomic mass is 16.5. The van der Waals surface area contributed by atoms with E-state index in [0.29, 0.717) is 12.5 Å². The van der Waals surface area contributed by atoms with Gasteiger partial charge in [0.25, 0.3) is 0 Å². The summed E-state index contributed by atoms with van der Waals surface area (Å²) in [7, 11) is 0. The van der Waals surface area contributed by atoms with Crippen LogP contribution in [0.3, 0.4) is 0 Å². The summed E-state index contributed by atoms with van der Waals surface area (Å²) in [4.78, 5) is 3.42. The minimum Gasteiger partial charge on any atom is -0.487 e.